The SMILES string of the molecule is COc1ccc(NC(=O)[C@@H]2CCCN2S(=O)(=O)c2ccc(C(C)(C)C)cc2)cc1. The number of anilines is 1. The normalized spacial score (nSPS) is 17.9. The predicted octanol–water partition coefficient (Wildman–Crippen LogP) is 3.78. The Morgan fingerprint density at radius 2 is 1.69 bits per heavy atom. The Labute approximate surface area is 172 Å². The summed E-state index contributed by atoms with van der Waals surface area (Å²) in [5.41, 5.74) is 1.61. The summed E-state index contributed by atoms with van der Waals surface area (Å²) >= 11 is 0. The Balaban J connectivity index is 1.78. The molecule has 2 aromatic carbocycles. The Hall–Kier alpha value is -2.38. The molecule has 0 spiro atoms. The average Bonchev–Trinajstić information content (AvgIpc) is 3.19. The van der Waals surface area contributed by atoms with Crippen LogP contribution < -0.4 is 10.1 Å². The lowest BCUT2D eigenvalue weighted by Gasteiger charge is -2.24. The zero-order valence-electron chi connectivity index (χ0n) is 17.3. The van der Waals surface area contributed by atoms with E-state index in [9.17, 15) is 13.2 Å². The molecule has 1 heterocycles. The highest BCUT2D eigenvalue weighted by atomic mass is 32.2. The molecule has 7 heteroatoms. The number of nitrogens with one attached hydrogen (secondary N) is 1. The maximum Gasteiger partial charge on any atom is 0.243 e. The molecule has 0 unspecified atom stereocenters. The third-order valence-corrected chi connectivity index (χ3v) is 7.11. The van der Waals surface area contributed by atoms with E-state index < -0.39 is 16.1 Å². The van der Waals surface area contributed by atoms with Crippen molar-refractivity contribution in [3.8, 4) is 5.75 Å². The molecule has 29 heavy (non-hydrogen) atoms. The average molecular weight is 417 g/mol. The highest BCUT2D eigenvalue weighted by Crippen LogP contribution is 2.29. The van der Waals surface area contributed by atoms with Gasteiger partial charge in [0.1, 0.15) is 11.8 Å². The molecule has 156 valence electrons. The molecule has 3 rings (SSSR count). The van der Waals surface area contributed by atoms with E-state index in [2.05, 4.69) is 26.1 Å². The van der Waals surface area contributed by atoms with Crippen molar-refractivity contribution in [2.75, 3.05) is 19.0 Å². The van der Waals surface area contributed by atoms with Crippen molar-refractivity contribution in [2.24, 2.45) is 0 Å². The highest BCUT2D eigenvalue weighted by molar-refractivity contribution is 7.89. The Morgan fingerprint density at radius 1 is 1.07 bits per heavy atom. The van der Waals surface area contributed by atoms with E-state index in [-0.39, 0.29) is 16.2 Å². The van der Waals surface area contributed by atoms with Crippen LogP contribution in [0.5, 0.6) is 5.75 Å². The topological polar surface area (TPSA) is 75.7 Å². The zero-order valence-corrected chi connectivity index (χ0v) is 18.1. The number of ether oxygens (including phenoxy) is 1. The van der Waals surface area contributed by atoms with Gasteiger partial charge < -0.3 is 10.1 Å². The second-order valence-electron chi connectivity index (χ2n) is 8.27. The molecule has 1 aliphatic rings. The van der Waals surface area contributed by atoms with Crippen LogP contribution in [0.15, 0.2) is 53.4 Å². The van der Waals surface area contributed by atoms with Crippen LogP contribution in [0.25, 0.3) is 0 Å². The first-order valence-electron chi connectivity index (χ1n) is 9.70. The number of nitrogens with zero attached hydrogens (tertiary/aromatic N) is 1. The van der Waals surface area contributed by atoms with Gasteiger partial charge in [-0.2, -0.15) is 4.31 Å². The smallest absolute Gasteiger partial charge is 0.243 e. The summed E-state index contributed by atoms with van der Waals surface area (Å²) in [5, 5.41) is 2.82. The summed E-state index contributed by atoms with van der Waals surface area (Å²) in [6.07, 6.45) is 1.15. The van der Waals surface area contributed by atoms with E-state index in [0.29, 0.717) is 30.8 Å². The minimum Gasteiger partial charge on any atom is -0.497 e. The number of sulfonamides is 1. The molecule has 1 amide bonds. The van der Waals surface area contributed by atoms with Crippen LogP contribution in [0, 0.1) is 0 Å². The van der Waals surface area contributed by atoms with Crippen molar-refractivity contribution in [1.82, 2.24) is 4.31 Å². The van der Waals surface area contributed by atoms with Crippen molar-refractivity contribution in [2.45, 2.75) is 50.0 Å². The summed E-state index contributed by atoms with van der Waals surface area (Å²) in [6.45, 7) is 6.58. The molecule has 1 N–H and O–H groups in total. The number of benzene rings is 2. The zero-order chi connectivity index (χ0) is 21.2. The second kappa shape index (κ2) is 8.16. The van der Waals surface area contributed by atoms with Gasteiger partial charge in [0, 0.05) is 12.2 Å². The van der Waals surface area contributed by atoms with Crippen molar-refractivity contribution in [3.63, 3.8) is 0 Å². The minimum atomic E-state index is -3.75. The molecular weight excluding hydrogens is 388 g/mol. The van der Waals surface area contributed by atoms with Crippen LogP contribution >= 0.6 is 0 Å². The number of carbonyl (C=O) groups excluding carboxylic acids is 1. The summed E-state index contributed by atoms with van der Waals surface area (Å²) in [7, 11) is -2.17. The molecule has 6 nitrogen and oxygen atoms in total. The number of hydrogen-bond acceptors (Lipinski definition) is 4. The highest BCUT2D eigenvalue weighted by Gasteiger charge is 2.39. The van der Waals surface area contributed by atoms with Crippen molar-refractivity contribution < 1.29 is 17.9 Å². The lowest BCUT2D eigenvalue weighted by molar-refractivity contribution is -0.119. The summed E-state index contributed by atoms with van der Waals surface area (Å²) in [4.78, 5) is 13.0. The largest absolute Gasteiger partial charge is 0.497 e. The number of carbonyl (C=O) groups is 1. The van der Waals surface area contributed by atoms with Crippen LogP contribution in [0.1, 0.15) is 39.2 Å². The number of hydrogen-bond donors (Lipinski definition) is 1. The summed E-state index contributed by atoms with van der Waals surface area (Å²) < 4.78 is 32.8. The van der Waals surface area contributed by atoms with Crippen LogP contribution in [-0.4, -0.2) is 38.3 Å². The third kappa shape index (κ3) is 4.62. The Kier molecular flexibility index (Phi) is 6.00. The van der Waals surface area contributed by atoms with Gasteiger partial charge >= 0.3 is 0 Å². The fourth-order valence-electron chi connectivity index (χ4n) is 3.45. The summed E-state index contributed by atoms with van der Waals surface area (Å²) in [6, 6.07) is 13.2. The maximum atomic E-state index is 13.2. The predicted molar refractivity (Wildman–Crippen MR) is 114 cm³/mol. The molecule has 1 aliphatic heterocycles. The number of rotatable bonds is 5. The van der Waals surface area contributed by atoms with E-state index in [1.54, 1.807) is 43.5 Å². The van der Waals surface area contributed by atoms with Crippen LogP contribution in [0.3, 0.4) is 0 Å². The van der Waals surface area contributed by atoms with Crippen molar-refractivity contribution in [1.29, 1.82) is 0 Å². The van der Waals surface area contributed by atoms with Crippen molar-refractivity contribution >= 4 is 21.6 Å². The van der Waals surface area contributed by atoms with Crippen molar-refractivity contribution in [3.05, 3.63) is 54.1 Å². The van der Waals surface area contributed by atoms with E-state index in [1.165, 1.54) is 4.31 Å². The molecular formula is C22H28N2O4S. The number of methoxy groups -OCH3 is 1. The van der Waals surface area contributed by atoms with Gasteiger partial charge in [0.15, 0.2) is 0 Å². The molecule has 0 radical (unpaired) electrons. The molecule has 1 fully saturated rings. The van der Waals surface area contributed by atoms with Gasteiger partial charge in [-0.15, -0.1) is 0 Å². The second-order valence-corrected chi connectivity index (χ2v) is 10.2. The van der Waals surface area contributed by atoms with E-state index in [0.717, 1.165) is 5.56 Å². The van der Waals surface area contributed by atoms with Crippen LogP contribution in [0.2, 0.25) is 0 Å². The first-order chi connectivity index (χ1) is 13.6. The minimum absolute atomic E-state index is 0.0588. The molecule has 1 atom stereocenters. The van der Waals surface area contributed by atoms with Gasteiger partial charge in [0.2, 0.25) is 15.9 Å². The monoisotopic (exact) mass is 416 g/mol. The lowest BCUT2D eigenvalue weighted by Crippen LogP contribution is -2.43. The molecule has 1 saturated heterocycles. The van der Waals surface area contributed by atoms with Gasteiger partial charge in [-0.3, -0.25) is 4.79 Å². The quantitative estimate of drug-likeness (QED) is 0.805. The molecule has 2 aromatic rings. The van der Waals surface area contributed by atoms with Gasteiger partial charge in [0.05, 0.1) is 12.0 Å². The van der Waals surface area contributed by atoms with Gasteiger partial charge in [-0.25, -0.2) is 8.42 Å². The van der Waals surface area contributed by atoms with Gasteiger partial charge in [0.25, 0.3) is 0 Å². The van der Waals surface area contributed by atoms with E-state index in [1.807, 2.05) is 12.1 Å². The van der Waals surface area contributed by atoms with Crippen LogP contribution in [0.4, 0.5) is 5.69 Å². The fourth-order valence-corrected chi connectivity index (χ4v) is 5.11. The first kappa shape index (κ1) is 21.3. The first-order valence-corrected chi connectivity index (χ1v) is 11.1. The molecule has 0 saturated carbocycles. The molecule has 0 aliphatic carbocycles. The van der Waals surface area contributed by atoms with Crippen LogP contribution in [-0.2, 0) is 20.2 Å². The maximum absolute atomic E-state index is 13.2. The molecule has 0 aromatic heterocycles. The Morgan fingerprint density at radius 3 is 2.24 bits per heavy atom. The van der Waals surface area contributed by atoms with Gasteiger partial charge in [-0.1, -0.05) is 32.9 Å². The molecule has 0 bridgehead atoms. The number of amides is 1. The third-order valence-electron chi connectivity index (χ3n) is 5.19. The lowest BCUT2D eigenvalue weighted by atomic mass is 9.87. The van der Waals surface area contributed by atoms with E-state index in [4.69, 9.17) is 4.74 Å². The van der Waals surface area contributed by atoms with E-state index >= 15 is 0 Å². The standard InChI is InChI=1S/C22H28N2O4S/c1-22(2,3)16-7-13-19(14-8-16)29(26,27)24-15-5-6-20(24)21(25)23-17-9-11-18(28-4)12-10-17/h7-14,20H,5-6,15H2,1-4H3,(H,23,25)/t20-/m0/s1. The fraction of sp³-hybridized carbons (Fsp3) is 0.409. The Bertz CT molecular complexity index is 961. The van der Waals surface area contributed by atoms with Gasteiger partial charge in [-0.05, 0) is 60.2 Å². The summed E-state index contributed by atoms with van der Waals surface area (Å²) in [5.74, 6) is 0.370.